The zero-order chi connectivity index (χ0) is 9.68. The topological polar surface area (TPSA) is 35.5 Å². The van der Waals surface area contributed by atoms with Crippen molar-refractivity contribution in [1.29, 1.82) is 0 Å². The molecule has 1 aliphatic rings. The van der Waals surface area contributed by atoms with E-state index in [0.29, 0.717) is 0 Å². The van der Waals surface area contributed by atoms with E-state index in [1.54, 1.807) is 0 Å². The van der Waals surface area contributed by atoms with Crippen molar-refractivity contribution in [2.24, 2.45) is 0 Å². The Kier molecular flexibility index (Phi) is 4.70. The molecule has 0 saturated heterocycles. The van der Waals surface area contributed by atoms with E-state index >= 15 is 0 Å². The Bertz CT molecular complexity index is 133. The fraction of sp³-hybridized carbons (Fsp3) is 1.00. The Balaban J connectivity index is 2.27. The molecule has 3 heteroatoms. The van der Waals surface area contributed by atoms with Crippen LogP contribution in [0.3, 0.4) is 0 Å². The van der Waals surface area contributed by atoms with Crippen LogP contribution in [0.4, 0.5) is 0 Å². The Morgan fingerprint density at radius 3 is 2.62 bits per heavy atom. The van der Waals surface area contributed by atoms with E-state index in [9.17, 15) is 0 Å². The van der Waals surface area contributed by atoms with Crippen LogP contribution >= 0.6 is 0 Å². The highest BCUT2D eigenvalue weighted by molar-refractivity contribution is 4.86. The molecule has 2 N–H and O–H groups in total. The molecule has 0 heterocycles. The van der Waals surface area contributed by atoms with Crippen molar-refractivity contribution < 1.29 is 5.11 Å². The van der Waals surface area contributed by atoms with Gasteiger partial charge < -0.3 is 10.4 Å². The molecule has 0 aliphatic heterocycles. The minimum atomic E-state index is 0.240. The summed E-state index contributed by atoms with van der Waals surface area (Å²) in [5.74, 6) is 0. The maximum absolute atomic E-state index is 9.06. The first-order chi connectivity index (χ1) is 6.31. The summed E-state index contributed by atoms with van der Waals surface area (Å²) in [7, 11) is 1.91. The highest BCUT2D eigenvalue weighted by atomic mass is 16.3. The van der Waals surface area contributed by atoms with E-state index in [2.05, 4.69) is 17.1 Å². The minimum absolute atomic E-state index is 0.240. The maximum atomic E-state index is 9.06. The van der Waals surface area contributed by atoms with Crippen molar-refractivity contribution in [2.75, 3.05) is 26.7 Å². The fourth-order valence-corrected chi connectivity index (χ4v) is 1.67. The summed E-state index contributed by atoms with van der Waals surface area (Å²) in [6.45, 7) is 4.61. The highest BCUT2D eigenvalue weighted by Crippen LogP contribution is 2.26. The lowest BCUT2D eigenvalue weighted by Crippen LogP contribution is -2.43. The molecule has 0 aromatic carbocycles. The summed E-state index contributed by atoms with van der Waals surface area (Å²) < 4.78 is 0. The number of aliphatic hydroxyl groups is 1. The average Bonchev–Trinajstić information content (AvgIpc) is 2.95. The second-order valence-electron chi connectivity index (χ2n) is 3.89. The number of hydrogen-bond donors (Lipinski definition) is 2. The summed E-state index contributed by atoms with van der Waals surface area (Å²) in [5.41, 5.74) is 0. The van der Waals surface area contributed by atoms with E-state index in [1.807, 2.05) is 7.05 Å². The maximum Gasteiger partial charge on any atom is 0.0597 e. The van der Waals surface area contributed by atoms with Gasteiger partial charge in [-0.15, -0.1) is 0 Å². The van der Waals surface area contributed by atoms with Crippen molar-refractivity contribution in [1.82, 2.24) is 10.2 Å². The lowest BCUT2D eigenvalue weighted by molar-refractivity contribution is 0.180. The Labute approximate surface area is 81.1 Å². The van der Waals surface area contributed by atoms with Gasteiger partial charge in [-0.25, -0.2) is 0 Å². The predicted octanol–water partition coefficient (Wildman–Crippen LogP) is 0.441. The van der Waals surface area contributed by atoms with E-state index in [-0.39, 0.29) is 12.6 Å². The second kappa shape index (κ2) is 5.58. The van der Waals surface area contributed by atoms with Crippen LogP contribution in [0.25, 0.3) is 0 Å². The number of nitrogens with one attached hydrogen (secondary N) is 1. The van der Waals surface area contributed by atoms with Crippen LogP contribution < -0.4 is 5.32 Å². The molecule has 1 atom stereocenters. The van der Waals surface area contributed by atoms with Gasteiger partial charge in [-0.3, -0.25) is 4.90 Å². The van der Waals surface area contributed by atoms with Crippen LogP contribution in [-0.2, 0) is 0 Å². The molecule has 0 amide bonds. The molecule has 0 bridgehead atoms. The third kappa shape index (κ3) is 3.63. The van der Waals surface area contributed by atoms with Gasteiger partial charge in [-0.1, -0.05) is 6.92 Å². The van der Waals surface area contributed by atoms with Gasteiger partial charge in [0.1, 0.15) is 0 Å². The quantitative estimate of drug-likeness (QED) is 0.605. The van der Waals surface area contributed by atoms with E-state index in [1.165, 1.54) is 25.8 Å². The Hall–Kier alpha value is -0.120. The number of rotatable bonds is 7. The fourth-order valence-electron chi connectivity index (χ4n) is 1.67. The SMILES string of the molecule is CCCN(CC(CO)NC)C1CC1. The molecule has 0 aromatic rings. The predicted molar refractivity (Wildman–Crippen MR) is 54.8 cm³/mol. The molecule has 0 aromatic heterocycles. The minimum Gasteiger partial charge on any atom is -0.395 e. The lowest BCUT2D eigenvalue weighted by Gasteiger charge is -2.25. The van der Waals surface area contributed by atoms with Gasteiger partial charge in [0.25, 0.3) is 0 Å². The van der Waals surface area contributed by atoms with Gasteiger partial charge >= 0.3 is 0 Å². The summed E-state index contributed by atoms with van der Waals surface area (Å²) in [4.78, 5) is 2.50. The molecule has 1 rings (SSSR count). The van der Waals surface area contributed by atoms with Crippen molar-refractivity contribution in [3.63, 3.8) is 0 Å². The number of nitrogens with zero attached hydrogens (tertiary/aromatic N) is 1. The molecule has 1 unspecified atom stereocenters. The zero-order valence-corrected chi connectivity index (χ0v) is 8.79. The van der Waals surface area contributed by atoms with Crippen molar-refractivity contribution in [2.45, 2.75) is 38.3 Å². The summed E-state index contributed by atoms with van der Waals surface area (Å²) in [5, 5.41) is 12.2. The molecule has 1 saturated carbocycles. The molecule has 13 heavy (non-hydrogen) atoms. The normalized spacial score (nSPS) is 19.4. The zero-order valence-electron chi connectivity index (χ0n) is 8.79. The van der Waals surface area contributed by atoms with Crippen LogP contribution in [-0.4, -0.2) is 48.8 Å². The first-order valence-corrected chi connectivity index (χ1v) is 5.34. The van der Waals surface area contributed by atoms with Gasteiger partial charge in [-0.2, -0.15) is 0 Å². The van der Waals surface area contributed by atoms with Crippen LogP contribution in [0, 0.1) is 0 Å². The van der Waals surface area contributed by atoms with E-state index in [0.717, 1.165) is 12.6 Å². The number of aliphatic hydroxyl groups excluding tert-OH is 1. The van der Waals surface area contributed by atoms with Crippen LogP contribution in [0.1, 0.15) is 26.2 Å². The average molecular weight is 186 g/mol. The largest absolute Gasteiger partial charge is 0.395 e. The van der Waals surface area contributed by atoms with Gasteiger partial charge in [0, 0.05) is 18.6 Å². The number of likely N-dealkylation sites (N-methyl/N-ethyl adjacent to an activating group) is 1. The third-order valence-corrected chi connectivity index (χ3v) is 2.66. The second-order valence-corrected chi connectivity index (χ2v) is 3.89. The molecular formula is C10H22N2O. The van der Waals surface area contributed by atoms with Crippen molar-refractivity contribution in [3.8, 4) is 0 Å². The lowest BCUT2D eigenvalue weighted by atomic mass is 10.2. The highest BCUT2D eigenvalue weighted by Gasteiger charge is 2.29. The third-order valence-electron chi connectivity index (χ3n) is 2.66. The molecular weight excluding hydrogens is 164 g/mol. The first-order valence-electron chi connectivity index (χ1n) is 5.34. The van der Waals surface area contributed by atoms with Crippen LogP contribution in [0.5, 0.6) is 0 Å². The van der Waals surface area contributed by atoms with Crippen molar-refractivity contribution in [3.05, 3.63) is 0 Å². The smallest absolute Gasteiger partial charge is 0.0597 e. The Morgan fingerprint density at radius 1 is 1.54 bits per heavy atom. The molecule has 1 aliphatic carbocycles. The number of hydrogen-bond acceptors (Lipinski definition) is 3. The van der Waals surface area contributed by atoms with Crippen LogP contribution in [0.15, 0.2) is 0 Å². The van der Waals surface area contributed by atoms with Gasteiger partial charge in [0.15, 0.2) is 0 Å². The molecule has 3 nitrogen and oxygen atoms in total. The monoisotopic (exact) mass is 186 g/mol. The van der Waals surface area contributed by atoms with E-state index < -0.39 is 0 Å². The summed E-state index contributed by atoms with van der Waals surface area (Å²) in [6, 6.07) is 1.05. The molecule has 0 radical (unpaired) electrons. The van der Waals surface area contributed by atoms with Crippen molar-refractivity contribution >= 4 is 0 Å². The molecule has 0 spiro atoms. The molecule has 1 fully saturated rings. The van der Waals surface area contributed by atoms with Gasteiger partial charge in [0.05, 0.1) is 6.61 Å². The molecule has 78 valence electrons. The standard InChI is InChI=1S/C10H22N2O/c1-3-6-12(10-4-5-10)7-9(8-13)11-2/h9-11,13H,3-8H2,1-2H3. The van der Waals surface area contributed by atoms with E-state index in [4.69, 9.17) is 5.11 Å². The Morgan fingerprint density at radius 2 is 2.23 bits per heavy atom. The van der Waals surface area contributed by atoms with Gasteiger partial charge in [-0.05, 0) is 32.9 Å². The van der Waals surface area contributed by atoms with Gasteiger partial charge in [0.2, 0.25) is 0 Å². The summed E-state index contributed by atoms with van der Waals surface area (Å²) in [6.07, 6.45) is 3.90. The summed E-state index contributed by atoms with van der Waals surface area (Å²) >= 11 is 0. The first kappa shape index (κ1) is 11.0. The van der Waals surface area contributed by atoms with Crippen LogP contribution in [0.2, 0.25) is 0 Å².